The van der Waals surface area contributed by atoms with Crippen molar-refractivity contribution in [1.82, 2.24) is 5.32 Å². The molecule has 1 amide bonds. The first kappa shape index (κ1) is 20.4. The zero-order valence-electron chi connectivity index (χ0n) is 14.6. The number of hydrogen-bond donors (Lipinski definition) is 3. The van der Waals surface area contributed by atoms with E-state index in [1.165, 1.54) is 7.11 Å². The fourth-order valence-corrected chi connectivity index (χ4v) is 2.58. The van der Waals surface area contributed by atoms with E-state index in [1.807, 2.05) is 0 Å². The Morgan fingerprint density at radius 2 is 1.70 bits per heavy atom. The second kappa shape index (κ2) is 9.16. The first-order valence-electron chi connectivity index (χ1n) is 7.85. The molecule has 5 N–H and O–H groups in total. The smallest absolute Gasteiger partial charge is 0.255 e. The molecule has 27 heavy (non-hydrogen) atoms. The van der Waals surface area contributed by atoms with E-state index in [-0.39, 0.29) is 11.7 Å². The zero-order valence-corrected chi connectivity index (χ0v) is 16.1. The topological polar surface area (TPSA) is 90.4 Å². The Hall–Kier alpha value is -2.89. The maximum Gasteiger partial charge on any atom is 0.255 e. The van der Waals surface area contributed by atoms with Crippen molar-refractivity contribution in [3.63, 3.8) is 0 Å². The highest BCUT2D eigenvalue weighted by Crippen LogP contribution is 2.30. The van der Waals surface area contributed by atoms with E-state index >= 15 is 0 Å². The molecule has 0 bridgehead atoms. The molecule has 0 radical (unpaired) electrons. The van der Waals surface area contributed by atoms with Crippen molar-refractivity contribution >= 4 is 34.7 Å². The number of hydrogen-bond acceptors (Lipinski definition) is 4. The Bertz CT molecular complexity index is 915. The summed E-state index contributed by atoms with van der Waals surface area (Å²) in [5, 5.41) is 3.73. The van der Waals surface area contributed by atoms with Gasteiger partial charge in [-0.25, -0.2) is 0 Å². The summed E-state index contributed by atoms with van der Waals surface area (Å²) < 4.78 is 5.33. The van der Waals surface area contributed by atoms with E-state index in [1.54, 1.807) is 54.6 Å². The average Bonchev–Trinajstić information content (AvgIpc) is 2.62. The number of amides is 1. The molecule has 0 atom stereocenters. The standard InChI is InChI=1S/C20H19Cl2N3O2/c1-12(25-20(26)13-4-6-14(21)7-5-13)3-9-16(19(23)24)17-11-15(22)8-10-18(17)27-2/h3-11H,1,23-24H2,2H3,(H,25,26)/b9-3-. The Morgan fingerprint density at radius 1 is 1.07 bits per heavy atom. The van der Waals surface area contributed by atoms with Crippen molar-refractivity contribution < 1.29 is 9.53 Å². The molecule has 0 aliphatic rings. The number of nitrogens with one attached hydrogen (secondary N) is 1. The summed E-state index contributed by atoms with van der Waals surface area (Å²) in [6.07, 6.45) is 3.22. The third kappa shape index (κ3) is 5.54. The number of halogens is 2. The number of methoxy groups -OCH3 is 1. The Morgan fingerprint density at radius 3 is 2.30 bits per heavy atom. The largest absolute Gasteiger partial charge is 0.496 e. The van der Waals surface area contributed by atoms with Crippen molar-refractivity contribution in [3.05, 3.63) is 93.9 Å². The van der Waals surface area contributed by atoms with Gasteiger partial charge in [0.25, 0.3) is 5.91 Å². The average molecular weight is 404 g/mol. The molecule has 2 aromatic rings. The molecule has 0 aliphatic carbocycles. The molecule has 5 nitrogen and oxygen atoms in total. The fraction of sp³-hybridized carbons (Fsp3) is 0.0500. The molecule has 2 rings (SSSR count). The molecular weight excluding hydrogens is 385 g/mol. The Kier molecular flexibility index (Phi) is 6.93. The summed E-state index contributed by atoms with van der Waals surface area (Å²) in [5.41, 5.74) is 13.6. The van der Waals surface area contributed by atoms with E-state index in [0.717, 1.165) is 0 Å². The van der Waals surface area contributed by atoms with Crippen LogP contribution in [-0.2, 0) is 0 Å². The second-order valence-electron chi connectivity index (χ2n) is 5.53. The van der Waals surface area contributed by atoms with Gasteiger partial charge in [0.2, 0.25) is 0 Å². The lowest BCUT2D eigenvalue weighted by atomic mass is 10.0. The van der Waals surface area contributed by atoms with Crippen LogP contribution in [0, 0.1) is 0 Å². The normalized spacial score (nSPS) is 10.5. The minimum Gasteiger partial charge on any atom is -0.496 e. The van der Waals surface area contributed by atoms with Crippen LogP contribution in [-0.4, -0.2) is 13.0 Å². The summed E-state index contributed by atoms with van der Waals surface area (Å²) in [5.74, 6) is 0.319. The van der Waals surface area contributed by atoms with E-state index < -0.39 is 0 Å². The summed E-state index contributed by atoms with van der Waals surface area (Å²) in [6, 6.07) is 11.6. The van der Waals surface area contributed by atoms with E-state index in [2.05, 4.69) is 11.9 Å². The Labute approximate surface area is 167 Å². The summed E-state index contributed by atoms with van der Waals surface area (Å²) >= 11 is 11.9. The molecule has 140 valence electrons. The van der Waals surface area contributed by atoms with Gasteiger partial charge < -0.3 is 21.5 Å². The number of carbonyl (C=O) groups excluding carboxylic acids is 1. The van der Waals surface area contributed by atoms with Gasteiger partial charge in [0, 0.05) is 32.4 Å². The molecule has 0 saturated carbocycles. The highest BCUT2D eigenvalue weighted by atomic mass is 35.5. The van der Waals surface area contributed by atoms with Crippen LogP contribution in [0.15, 0.2) is 72.7 Å². The number of allylic oxidation sites excluding steroid dienone is 3. The molecule has 0 heterocycles. The molecule has 0 fully saturated rings. The maximum atomic E-state index is 12.2. The fourth-order valence-electron chi connectivity index (χ4n) is 2.28. The van der Waals surface area contributed by atoms with Gasteiger partial charge in [-0.3, -0.25) is 4.79 Å². The number of benzene rings is 2. The predicted octanol–water partition coefficient (Wildman–Crippen LogP) is 4.09. The van der Waals surface area contributed by atoms with Gasteiger partial charge in [0.05, 0.1) is 7.11 Å². The highest BCUT2D eigenvalue weighted by molar-refractivity contribution is 6.31. The molecule has 2 aromatic carbocycles. The van der Waals surface area contributed by atoms with Gasteiger partial charge in [0.1, 0.15) is 11.6 Å². The Balaban J connectivity index is 2.19. The molecule has 0 spiro atoms. The van der Waals surface area contributed by atoms with Crippen LogP contribution >= 0.6 is 23.2 Å². The van der Waals surface area contributed by atoms with Crippen LogP contribution in [0.25, 0.3) is 5.57 Å². The number of rotatable bonds is 6. The van der Waals surface area contributed by atoms with Gasteiger partial charge in [-0.05, 0) is 54.6 Å². The lowest BCUT2D eigenvalue weighted by Crippen LogP contribution is -2.21. The lowest BCUT2D eigenvalue weighted by molar-refractivity contribution is 0.0967. The van der Waals surface area contributed by atoms with Gasteiger partial charge in [0.15, 0.2) is 0 Å². The summed E-state index contributed by atoms with van der Waals surface area (Å²) in [4.78, 5) is 12.2. The van der Waals surface area contributed by atoms with Crippen molar-refractivity contribution in [2.45, 2.75) is 0 Å². The van der Waals surface area contributed by atoms with Crippen LogP contribution < -0.4 is 21.5 Å². The first-order valence-corrected chi connectivity index (χ1v) is 8.60. The van der Waals surface area contributed by atoms with E-state index in [4.69, 9.17) is 39.4 Å². The predicted molar refractivity (Wildman–Crippen MR) is 110 cm³/mol. The van der Waals surface area contributed by atoms with Gasteiger partial charge in [-0.2, -0.15) is 0 Å². The second-order valence-corrected chi connectivity index (χ2v) is 6.41. The van der Waals surface area contributed by atoms with Crippen LogP contribution in [0.4, 0.5) is 0 Å². The van der Waals surface area contributed by atoms with Gasteiger partial charge >= 0.3 is 0 Å². The van der Waals surface area contributed by atoms with Crippen LogP contribution in [0.1, 0.15) is 15.9 Å². The zero-order chi connectivity index (χ0) is 20.0. The van der Waals surface area contributed by atoms with Gasteiger partial charge in [-0.1, -0.05) is 29.8 Å². The summed E-state index contributed by atoms with van der Waals surface area (Å²) in [6.45, 7) is 3.82. The molecular formula is C20H19Cl2N3O2. The molecule has 0 unspecified atom stereocenters. The van der Waals surface area contributed by atoms with Crippen LogP contribution in [0.5, 0.6) is 5.75 Å². The third-order valence-corrected chi connectivity index (χ3v) is 4.08. The lowest BCUT2D eigenvalue weighted by Gasteiger charge is -2.12. The first-order chi connectivity index (χ1) is 12.8. The third-order valence-electron chi connectivity index (χ3n) is 3.59. The van der Waals surface area contributed by atoms with Crippen molar-refractivity contribution in [2.24, 2.45) is 11.5 Å². The van der Waals surface area contributed by atoms with Gasteiger partial charge in [-0.15, -0.1) is 0 Å². The molecule has 7 heteroatoms. The van der Waals surface area contributed by atoms with Crippen molar-refractivity contribution in [3.8, 4) is 5.75 Å². The van der Waals surface area contributed by atoms with E-state index in [0.29, 0.717) is 38.2 Å². The maximum absolute atomic E-state index is 12.2. The monoisotopic (exact) mass is 403 g/mol. The number of carbonyl (C=O) groups is 1. The van der Waals surface area contributed by atoms with E-state index in [9.17, 15) is 4.79 Å². The van der Waals surface area contributed by atoms with Crippen molar-refractivity contribution in [2.75, 3.05) is 7.11 Å². The SMILES string of the molecule is C=C(/C=C\C(=C(N)N)c1cc(Cl)ccc1OC)NC(=O)c1ccc(Cl)cc1. The molecule has 0 aromatic heterocycles. The number of nitrogens with two attached hydrogens (primary N) is 2. The van der Waals surface area contributed by atoms with Crippen LogP contribution in [0.3, 0.4) is 0 Å². The minimum absolute atomic E-state index is 0.0728. The number of ether oxygens (including phenoxy) is 1. The minimum atomic E-state index is -0.312. The molecule has 0 aliphatic heterocycles. The highest BCUT2D eigenvalue weighted by Gasteiger charge is 2.11. The van der Waals surface area contributed by atoms with Crippen LogP contribution in [0.2, 0.25) is 10.0 Å². The molecule has 0 saturated heterocycles. The van der Waals surface area contributed by atoms with Crippen molar-refractivity contribution in [1.29, 1.82) is 0 Å². The summed E-state index contributed by atoms with van der Waals surface area (Å²) in [7, 11) is 1.53. The quantitative estimate of drug-likeness (QED) is 0.633.